The Morgan fingerprint density at radius 2 is 2.16 bits per heavy atom. The molecule has 19 heavy (non-hydrogen) atoms. The van der Waals surface area contributed by atoms with Crippen LogP contribution in [0.2, 0.25) is 0 Å². The molecule has 8 heteroatoms. The molecular formula is C11H13BrN6O. The molecule has 0 unspecified atom stereocenters. The monoisotopic (exact) mass is 324 g/mol. The van der Waals surface area contributed by atoms with Crippen molar-refractivity contribution in [2.45, 2.75) is 20.4 Å². The highest BCUT2D eigenvalue weighted by atomic mass is 79.9. The van der Waals surface area contributed by atoms with Crippen molar-refractivity contribution in [1.29, 1.82) is 0 Å². The smallest absolute Gasteiger partial charge is 0.268 e. The van der Waals surface area contributed by atoms with Gasteiger partial charge in [-0.05, 0) is 29.8 Å². The third-order valence-electron chi connectivity index (χ3n) is 2.52. The van der Waals surface area contributed by atoms with Crippen LogP contribution in [-0.4, -0.2) is 19.5 Å². The lowest BCUT2D eigenvalue weighted by Crippen LogP contribution is -2.24. The zero-order valence-electron chi connectivity index (χ0n) is 10.5. The first kappa shape index (κ1) is 13.6. The van der Waals surface area contributed by atoms with Crippen molar-refractivity contribution in [3.63, 3.8) is 0 Å². The molecule has 2 aromatic heterocycles. The topological polar surface area (TPSA) is 98.7 Å². The second kappa shape index (κ2) is 5.45. The third-order valence-corrected chi connectivity index (χ3v) is 3.43. The fraction of sp³-hybridized carbons (Fsp3) is 0.273. The van der Waals surface area contributed by atoms with E-state index in [0.717, 1.165) is 5.69 Å². The average Bonchev–Trinajstić information content (AvgIpc) is 2.39. The molecule has 0 atom stereocenters. The molecule has 3 N–H and O–H groups in total. The van der Waals surface area contributed by atoms with Gasteiger partial charge in [0.1, 0.15) is 10.3 Å². The zero-order valence-corrected chi connectivity index (χ0v) is 12.1. The molecule has 0 fully saturated rings. The zero-order chi connectivity index (χ0) is 14.0. The minimum Gasteiger partial charge on any atom is -0.308 e. The summed E-state index contributed by atoms with van der Waals surface area (Å²) in [6, 6.07) is 1.72. The fourth-order valence-electron chi connectivity index (χ4n) is 1.59. The van der Waals surface area contributed by atoms with E-state index < -0.39 is 0 Å². The Labute approximate surface area is 118 Å². The molecule has 0 bridgehead atoms. The highest BCUT2D eigenvalue weighted by molar-refractivity contribution is 9.10. The number of nitrogens with zero attached hydrogens (tertiary/aromatic N) is 4. The first-order valence-corrected chi connectivity index (χ1v) is 6.33. The van der Waals surface area contributed by atoms with Crippen molar-refractivity contribution in [3.8, 4) is 0 Å². The summed E-state index contributed by atoms with van der Waals surface area (Å²) in [5.41, 5.74) is 3.72. The van der Waals surface area contributed by atoms with Gasteiger partial charge in [-0.15, -0.1) is 0 Å². The number of hydrogen-bond acceptors (Lipinski definition) is 6. The van der Waals surface area contributed by atoms with Crippen molar-refractivity contribution in [2.75, 3.05) is 5.43 Å². The average molecular weight is 325 g/mol. The number of hydrazine groups is 1. The molecule has 0 saturated carbocycles. The van der Waals surface area contributed by atoms with Gasteiger partial charge in [0.2, 0.25) is 0 Å². The third kappa shape index (κ3) is 2.96. The van der Waals surface area contributed by atoms with Gasteiger partial charge in [0.05, 0.1) is 18.6 Å². The van der Waals surface area contributed by atoms with E-state index in [-0.39, 0.29) is 12.1 Å². The summed E-state index contributed by atoms with van der Waals surface area (Å²) in [5, 5.41) is 0. The number of halogens is 1. The van der Waals surface area contributed by atoms with E-state index in [1.165, 1.54) is 10.9 Å². The summed E-state index contributed by atoms with van der Waals surface area (Å²) >= 11 is 3.22. The molecular weight excluding hydrogens is 312 g/mol. The van der Waals surface area contributed by atoms with Crippen molar-refractivity contribution >= 4 is 21.7 Å². The Balaban J connectivity index is 2.39. The van der Waals surface area contributed by atoms with Gasteiger partial charge in [-0.2, -0.15) is 0 Å². The highest BCUT2D eigenvalue weighted by Crippen LogP contribution is 2.08. The van der Waals surface area contributed by atoms with Gasteiger partial charge in [0.25, 0.3) is 5.56 Å². The maximum Gasteiger partial charge on any atom is 0.268 e. The lowest BCUT2D eigenvalue weighted by Gasteiger charge is -2.08. The lowest BCUT2D eigenvalue weighted by atomic mass is 10.4. The number of rotatable bonds is 3. The Bertz CT molecular complexity index is 669. The summed E-state index contributed by atoms with van der Waals surface area (Å²) in [7, 11) is 0. The van der Waals surface area contributed by atoms with E-state index in [4.69, 9.17) is 5.84 Å². The van der Waals surface area contributed by atoms with Gasteiger partial charge in [-0.3, -0.25) is 9.36 Å². The molecule has 0 aliphatic heterocycles. The summed E-state index contributed by atoms with van der Waals surface area (Å²) in [4.78, 5) is 24.6. The number of hydrogen-bond donors (Lipinski definition) is 2. The van der Waals surface area contributed by atoms with Crippen molar-refractivity contribution in [1.82, 2.24) is 19.5 Å². The summed E-state index contributed by atoms with van der Waals surface area (Å²) in [5.74, 6) is 6.33. The maximum atomic E-state index is 12.0. The summed E-state index contributed by atoms with van der Waals surface area (Å²) in [6.45, 7) is 3.83. The van der Waals surface area contributed by atoms with Crippen molar-refractivity contribution in [2.24, 2.45) is 5.84 Å². The minimum absolute atomic E-state index is 0.167. The molecule has 7 nitrogen and oxygen atoms in total. The van der Waals surface area contributed by atoms with Gasteiger partial charge in [-0.1, -0.05) is 0 Å². The predicted molar refractivity (Wildman–Crippen MR) is 74.6 cm³/mol. The SMILES string of the molecule is Cc1cc(NN)nc(Cn2cnc(C)c(Br)c2=O)n1. The number of nitrogens with two attached hydrogens (primary N) is 1. The van der Waals surface area contributed by atoms with E-state index in [0.29, 0.717) is 21.8 Å². The molecule has 0 radical (unpaired) electrons. The lowest BCUT2D eigenvalue weighted by molar-refractivity contribution is 0.686. The van der Waals surface area contributed by atoms with Crippen molar-refractivity contribution < 1.29 is 0 Å². The largest absolute Gasteiger partial charge is 0.308 e. The van der Waals surface area contributed by atoms with Crippen LogP contribution in [0.5, 0.6) is 0 Å². The van der Waals surface area contributed by atoms with Crippen LogP contribution in [0.25, 0.3) is 0 Å². The van der Waals surface area contributed by atoms with Gasteiger partial charge in [-0.25, -0.2) is 20.8 Å². The van der Waals surface area contributed by atoms with Crippen molar-refractivity contribution in [3.05, 3.63) is 44.4 Å². The molecule has 0 amide bonds. The molecule has 2 rings (SSSR count). The molecule has 100 valence electrons. The second-order valence-corrected chi connectivity index (χ2v) is 4.83. The van der Waals surface area contributed by atoms with Crippen LogP contribution in [-0.2, 0) is 6.54 Å². The number of nitrogens with one attached hydrogen (secondary N) is 1. The van der Waals surface area contributed by atoms with Crippen LogP contribution in [0.3, 0.4) is 0 Å². The molecule has 0 aliphatic rings. The van der Waals surface area contributed by atoms with Crippen LogP contribution in [0.1, 0.15) is 17.2 Å². The van der Waals surface area contributed by atoms with E-state index in [2.05, 4.69) is 36.3 Å². The number of anilines is 1. The number of aromatic nitrogens is 4. The highest BCUT2D eigenvalue weighted by Gasteiger charge is 2.08. The Hall–Kier alpha value is -1.80. The Morgan fingerprint density at radius 1 is 1.42 bits per heavy atom. The van der Waals surface area contributed by atoms with Crippen LogP contribution >= 0.6 is 15.9 Å². The Morgan fingerprint density at radius 3 is 2.84 bits per heavy atom. The maximum absolute atomic E-state index is 12.0. The molecule has 0 spiro atoms. The van der Waals surface area contributed by atoms with Gasteiger partial charge in [0.15, 0.2) is 5.82 Å². The van der Waals surface area contributed by atoms with E-state index in [1.54, 1.807) is 13.0 Å². The molecule has 0 aromatic carbocycles. The van der Waals surface area contributed by atoms with E-state index >= 15 is 0 Å². The van der Waals surface area contributed by atoms with Gasteiger partial charge < -0.3 is 5.43 Å². The first-order chi connectivity index (χ1) is 9.01. The summed E-state index contributed by atoms with van der Waals surface area (Å²) in [6.07, 6.45) is 1.48. The first-order valence-electron chi connectivity index (χ1n) is 5.54. The van der Waals surface area contributed by atoms with Gasteiger partial charge >= 0.3 is 0 Å². The standard InChI is InChI=1S/C11H13BrN6O/c1-6-3-8(17-13)16-9(15-6)4-18-5-14-7(2)10(12)11(18)19/h3,5H,4,13H2,1-2H3,(H,15,16,17). The molecule has 0 aliphatic carbocycles. The predicted octanol–water partition coefficient (Wildman–Crippen LogP) is 0.747. The normalized spacial score (nSPS) is 10.5. The number of aryl methyl sites for hydroxylation is 2. The van der Waals surface area contributed by atoms with E-state index in [9.17, 15) is 4.79 Å². The quantitative estimate of drug-likeness (QED) is 0.638. The molecule has 2 aromatic rings. The second-order valence-electron chi connectivity index (χ2n) is 4.03. The van der Waals surface area contributed by atoms with E-state index in [1.807, 2.05) is 6.92 Å². The molecule has 2 heterocycles. The minimum atomic E-state index is -0.167. The fourth-order valence-corrected chi connectivity index (χ4v) is 1.92. The van der Waals surface area contributed by atoms with Crippen LogP contribution < -0.4 is 16.8 Å². The molecule has 0 saturated heterocycles. The summed E-state index contributed by atoms with van der Waals surface area (Å²) < 4.78 is 1.88. The van der Waals surface area contributed by atoms with Crippen LogP contribution in [0, 0.1) is 13.8 Å². The number of nitrogen functional groups attached to an aromatic ring is 1. The Kier molecular flexibility index (Phi) is 3.91. The van der Waals surface area contributed by atoms with Crippen LogP contribution in [0.15, 0.2) is 21.7 Å². The van der Waals surface area contributed by atoms with Gasteiger partial charge in [0, 0.05) is 11.8 Å². The van der Waals surface area contributed by atoms with Crippen LogP contribution in [0.4, 0.5) is 5.82 Å².